The molecular formula is C16H29N5. The van der Waals surface area contributed by atoms with Crippen molar-refractivity contribution in [1.29, 1.82) is 0 Å². The zero-order chi connectivity index (χ0) is 15.2. The van der Waals surface area contributed by atoms with E-state index in [1.54, 1.807) is 0 Å². The fourth-order valence-electron chi connectivity index (χ4n) is 2.79. The third-order valence-corrected chi connectivity index (χ3v) is 4.18. The molecular weight excluding hydrogens is 262 g/mol. The van der Waals surface area contributed by atoms with Crippen LogP contribution in [0.5, 0.6) is 0 Å². The third-order valence-electron chi connectivity index (χ3n) is 4.18. The number of likely N-dealkylation sites (tertiary alicyclic amines) is 1. The normalized spacial score (nSPS) is 17.0. The molecule has 0 aliphatic carbocycles. The van der Waals surface area contributed by atoms with Crippen molar-refractivity contribution in [2.24, 2.45) is 0 Å². The Kier molecular flexibility index (Phi) is 5.79. The summed E-state index contributed by atoms with van der Waals surface area (Å²) in [5.41, 5.74) is 1.11. The van der Waals surface area contributed by atoms with Gasteiger partial charge in [0.25, 0.3) is 0 Å². The van der Waals surface area contributed by atoms with E-state index in [0.29, 0.717) is 6.04 Å². The molecule has 1 aromatic rings. The van der Waals surface area contributed by atoms with Gasteiger partial charge in [-0.05, 0) is 46.7 Å². The highest BCUT2D eigenvalue weighted by Crippen LogP contribution is 2.21. The third kappa shape index (κ3) is 4.06. The van der Waals surface area contributed by atoms with Crippen LogP contribution in [-0.4, -0.2) is 47.1 Å². The Morgan fingerprint density at radius 1 is 1.10 bits per heavy atom. The minimum absolute atomic E-state index is 0.550. The van der Waals surface area contributed by atoms with Gasteiger partial charge in [-0.3, -0.25) is 4.90 Å². The molecule has 2 rings (SSSR count). The van der Waals surface area contributed by atoms with Gasteiger partial charge >= 0.3 is 0 Å². The van der Waals surface area contributed by atoms with Gasteiger partial charge in [-0.2, -0.15) is 0 Å². The lowest BCUT2D eigenvalue weighted by molar-refractivity contribution is 0.269. The molecule has 1 aliphatic rings. The SMILES string of the molecule is CCNc1nc(CC)nc(NCC(C)N2CCCC2)c1C. The molecule has 5 nitrogen and oxygen atoms in total. The van der Waals surface area contributed by atoms with E-state index in [0.717, 1.165) is 42.5 Å². The number of hydrogen-bond donors (Lipinski definition) is 2. The summed E-state index contributed by atoms with van der Waals surface area (Å²) in [6.45, 7) is 12.8. The molecule has 5 heteroatoms. The Morgan fingerprint density at radius 2 is 1.71 bits per heavy atom. The largest absolute Gasteiger partial charge is 0.370 e. The summed E-state index contributed by atoms with van der Waals surface area (Å²) in [7, 11) is 0. The van der Waals surface area contributed by atoms with Crippen molar-refractivity contribution in [2.45, 2.75) is 53.0 Å². The van der Waals surface area contributed by atoms with E-state index >= 15 is 0 Å². The van der Waals surface area contributed by atoms with Crippen LogP contribution in [0.3, 0.4) is 0 Å². The lowest BCUT2D eigenvalue weighted by Gasteiger charge is -2.24. The number of anilines is 2. The van der Waals surface area contributed by atoms with E-state index in [4.69, 9.17) is 0 Å². The predicted octanol–water partition coefficient (Wildman–Crippen LogP) is 2.68. The first-order chi connectivity index (χ1) is 10.2. The second-order valence-corrected chi connectivity index (χ2v) is 5.82. The molecule has 2 N–H and O–H groups in total. The zero-order valence-corrected chi connectivity index (χ0v) is 13.9. The highest BCUT2D eigenvalue weighted by molar-refractivity contribution is 5.57. The molecule has 1 aliphatic heterocycles. The summed E-state index contributed by atoms with van der Waals surface area (Å²) < 4.78 is 0. The zero-order valence-electron chi connectivity index (χ0n) is 13.9. The number of rotatable bonds is 7. The lowest BCUT2D eigenvalue weighted by Crippen LogP contribution is -2.35. The van der Waals surface area contributed by atoms with Gasteiger partial charge in [-0.15, -0.1) is 0 Å². The Balaban J connectivity index is 2.05. The summed E-state index contributed by atoms with van der Waals surface area (Å²) in [6, 6.07) is 0.550. The van der Waals surface area contributed by atoms with E-state index in [1.165, 1.54) is 25.9 Å². The summed E-state index contributed by atoms with van der Waals surface area (Å²) in [4.78, 5) is 11.8. The van der Waals surface area contributed by atoms with Crippen LogP contribution in [0.25, 0.3) is 0 Å². The molecule has 0 amide bonds. The van der Waals surface area contributed by atoms with E-state index in [2.05, 4.69) is 53.2 Å². The van der Waals surface area contributed by atoms with Crippen LogP contribution in [0.15, 0.2) is 0 Å². The first-order valence-electron chi connectivity index (χ1n) is 8.25. The lowest BCUT2D eigenvalue weighted by atomic mass is 10.2. The van der Waals surface area contributed by atoms with Crippen LogP contribution in [0, 0.1) is 6.92 Å². The Hall–Kier alpha value is -1.36. The Morgan fingerprint density at radius 3 is 2.29 bits per heavy atom. The first kappa shape index (κ1) is 16.0. The maximum atomic E-state index is 4.65. The van der Waals surface area contributed by atoms with E-state index in [1.807, 2.05) is 0 Å². The summed E-state index contributed by atoms with van der Waals surface area (Å²) >= 11 is 0. The fraction of sp³-hybridized carbons (Fsp3) is 0.750. The predicted molar refractivity (Wildman–Crippen MR) is 89.1 cm³/mol. The molecule has 1 atom stereocenters. The van der Waals surface area contributed by atoms with E-state index < -0.39 is 0 Å². The number of nitrogens with one attached hydrogen (secondary N) is 2. The molecule has 2 heterocycles. The molecule has 0 bridgehead atoms. The van der Waals surface area contributed by atoms with Gasteiger partial charge < -0.3 is 10.6 Å². The molecule has 0 radical (unpaired) electrons. The smallest absolute Gasteiger partial charge is 0.134 e. The molecule has 1 saturated heterocycles. The van der Waals surface area contributed by atoms with Crippen LogP contribution in [0.4, 0.5) is 11.6 Å². The maximum Gasteiger partial charge on any atom is 0.134 e. The minimum atomic E-state index is 0.550. The summed E-state index contributed by atoms with van der Waals surface area (Å²) in [5, 5.41) is 6.86. The Bertz CT molecular complexity index is 454. The van der Waals surface area contributed by atoms with Crippen LogP contribution in [0.2, 0.25) is 0 Å². The number of nitrogens with zero attached hydrogens (tertiary/aromatic N) is 3. The fourth-order valence-corrected chi connectivity index (χ4v) is 2.79. The minimum Gasteiger partial charge on any atom is -0.370 e. The number of hydrogen-bond acceptors (Lipinski definition) is 5. The second kappa shape index (κ2) is 7.59. The summed E-state index contributed by atoms with van der Waals surface area (Å²) in [5.74, 6) is 2.83. The van der Waals surface area contributed by atoms with Crippen molar-refractivity contribution in [3.63, 3.8) is 0 Å². The van der Waals surface area contributed by atoms with Crippen molar-refractivity contribution >= 4 is 11.6 Å². The van der Waals surface area contributed by atoms with E-state index in [9.17, 15) is 0 Å². The quantitative estimate of drug-likeness (QED) is 0.809. The van der Waals surface area contributed by atoms with Gasteiger partial charge in [-0.1, -0.05) is 6.92 Å². The van der Waals surface area contributed by atoms with Crippen molar-refractivity contribution in [3.05, 3.63) is 11.4 Å². The van der Waals surface area contributed by atoms with Crippen LogP contribution in [0.1, 0.15) is 45.0 Å². The average Bonchev–Trinajstić information content (AvgIpc) is 3.02. The van der Waals surface area contributed by atoms with Crippen molar-refractivity contribution in [3.8, 4) is 0 Å². The van der Waals surface area contributed by atoms with Crippen molar-refractivity contribution in [2.75, 3.05) is 36.8 Å². The number of aromatic nitrogens is 2. The van der Waals surface area contributed by atoms with Crippen LogP contribution >= 0.6 is 0 Å². The van der Waals surface area contributed by atoms with Gasteiger partial charge in [0.15, 0.2) is 0 Å². The molecule has 118 valence electrons. The average molecular weight is 291 g/mol. The van der Waals surface area contributed by atoms with Gasteiger partial charge in [0.1, 0.15) is 17.5 Å². The molecule has 0 spiro atoms. The maximum absolute atomic E-state index is 4.65. The first-order valence-corrected chi connectivity index (χ1v) is 8.25. The highest BCUT2D eigenvalue weighted by atomic mass is 15.2. The van der Waals surface area contributed by atoms with Crippen molar-refractivity contribution in [1.82, 2.24) is 14.9 Å². The monoisotopic (exact) mass is 291 g/mol. The molecule has 1 unspecified atom stereocenters. The molecule has 0 saturated carbocycles. The molecule has 21 heavy (non-hydrogen) atoms. The van der Waals surface area contributed by atoms with Gasteiger partial charge in [0, 0.05) is 31.1 Å². The number of aryl methyl sites for hydroxylation is 1. The topological polar surface area (TPSA) is 53.1 Å². The standard InChI is InChI=1S/C16H29N5/c1-5-14-19-15(17-6-2)13(4)16(20-14)18-11-12(3)21-9-7-8-10-21/h12H,5-11H2,1-4H3,(H2,17,18,19,20). The van der Waals surface area contributed by atoms with Gasteiger partial charge in [0.2, 0.25) is 0 Å². The van der Waals surface area contributed by atoms with Crippen LogP contribution < -0.4 is 10.6 Å². The Labute approximate surface area is 128 Å². The summed E-state index contributed by atoms with van der Waals surface area (Å²) in [6.07, 6.45) is 3.53. The van der Waals surface area contributed by atoms with Crippen LogP contribution in [-0.2, 0) is 6.42 Å². The molecule has 1 aromatic heterocycles. The van der Waals surface area contributed by atoms with Gasteiger partial charge in [-0.25, -0.2) is 9.97 Å². The van der Waals surface area contributed by atoms with Gasteiger partial charge in [0.05, 0.1) is 0 Å². The highest BCUT2D eigenvalue weighted by Gasteiger charge is 2.18. The second-order valence-electron chi connectivity index (χ2n) is 5.82. The molecule has 0 aromatic carbocycles. The van der Waals surface area contributed by atoms with Crippen molar-refractivity contribution < 1.29 is 0 Å². The van der Waals surface area contributed by atoms with E-state index in [-0.39, 0.29) is 0 Å². The molecule has 1 fully saturated rings.